The molecule has 0 spiro atoms. The maximum Gasteiger partial charge on any atom is 0.00640 e. The summed E-state index contributed by atoms with van der Waals surface area (Å²) < 4.78 is 0. The third-order valence-electron chi connectivity index (χ3n) is 4.28. The van der Waals surface area contributed by atoms with E-state index in [0.29, 0.717) is 0 Å². The Balaban J connectivity index is 3.29. The number of nitrogens with one attached hydrogen (secondary N) is 1. The summed E-state index contributed by atoms with van der Waals surface area (Å²) in [6.45, 7) is 0. The van der Waals surface area contributed by atoms with Gasteiger partial charge in [0.15, 0.2) is 0 Å². The van der Waals surface area contributed by atoms with Crippen LogP contribution in [-0.4, -0.2) is 23.7 Å². The molecule has 0 heterocycles. The van der Waals surface area contributed by atoms with Crippen molar-refractivity contribution in [3.63, 3.8) is 0 Å². The fourth-order valence-electron chi connectivity index (χ4n) is 2.82. The largest absolute Gasteiger partial charge is 0.317 e. The van der Waals surface area contributed by atoms with Gasteiger partial charge in [0.25, 0.3) is 0 Å². The molecule has 0 radical (unpaired) electrons. The minimum Gasteiger partial charge on any atom is -0.317 e. The summed E-state index contributed by atoms with van der Waals surface area (Å²) in [5.41, 5.74) is 0. The topological polar surface area (TPSA) is 12.0 Å². The van der Waals surface area contributed by atoms with Crippen molar-refractivity contribution in [2.45, 2.75) is 95.9 Å². The Morgan fingerprint density at radius 3 is 1.24 bits per heavy atom. The maximum atomic E-state index is 3.51. The van der Waals surface area contributed by atoms with Crippen LogP contribution in [0.25, 0.3) is 0 Å². The highest BCUT2D eigenvalue weighted by atomic mass is 79.9. The summed E-state index contributed by atoms with van der Waals surface area (Å²) >= 11 is 7.00. The van der Waals surface area contributed by atoms with Gasteiger partial charge in [0.1, 0.15) is 0 Å². The van der Waals surface area contributed by atoms with Gasteiger partial charge in [-0.2, -0.15) is 0 Å². The zero-order valence-corrected chi connectivity index (χ0v) is 17.3. The summed E-state index contributed by atoms with van der Waals surface area (Å²) in [7, 11) is 2.14. The quantitative estimate of drug-likeness (QED) is 0.198. The standard InChI is InChI=1S/C18H37Br2N/c1-21-18(14-10-6-2-4-8-12-16-19)15-11-7-3-5-9-13-17-20/h18,21H,2-17H2,1H3. The molecule has 0 fully saturated rings. The molecule has 0 aromatic carbocycles. The third kappa shape index (κ3) is 17.1. The smallest absolute Gasteiger partial charge is 0.00640 e. The van der Waals surface area contributed by atoms with Crippen molar-refractivity contribution >= 4 is 31.9 Å². The first-order valence-corrected chi connectivity index (χ1v) is 11.4. The van der Waals surface area contributed by atoms with Crippen LogP contribution in [0, 0.1) is 0 Å². The van der Waals surface area contributed by atoms with E-state index in [1.807, 2.05) is 0 Å². The molecule has 0 bridgehead atoms. The zero-order chi connectivity index (χ0) is 15.6. The third-order valence-corrected chi connectivity index (χ3v) is 5.40. The molecule has 0 saturated heterocycles. The molecule has 21 heavy (non-hydrogen) atoms. The van der Waals surface area contributed by atoms with Gasteiger partial charge in [-0.3, -0.25) is 0 Å². The van der Waals surface area contributed by atoms with Crippen LogP contribution < -0.4 is 5.32 Å². The van der Waals surface area contributed by atoms with E-state index in [-0.39, 0.29) is 0 Å². The second-order valence-electron chi connectivity index (χ2n) is 6.18. The Morgan fingerprint density at radius 2 is 0.905 bits per heavy atom. The highest BCUT2D eigenvalue weighted by molar-refractivity contribution is 9.09. The molecule has 1 N–H and O–H groups in total. The Kier molecular flexibility index (Phi) is 19.8. The van der Waals surface area contributed by atoms with Crippen LogP contribution in [0.15, 0.2) is 0 Å². The van der Waals surface area contributed by atoms with Crippen LogP contribution in [0.5, 0.6) is 0 Å². The molecule has 0 aliphatic heterocycles. The Bertz CT molecular complexity index is 170. The molecule has 0 unspecified atom stereocenters. The van der Waals surface area contributed by atoms with Gasteiger partial charge in [0.05, 0.1) is 0 Å². The normalized spacial score (nSPS) is 11.4. The second kappa shape index (κ2) is 19.0. The highest BCUT2D eigenvalue weighted by Gasteiger charge is 2.05. The van der Waals surface area contributed by atoms with Crippen LogP contribution in [0.1, 0.15) is 89.9 Å². The molecule has 0 amide bonds. The van der Waals surface area contributed by atoms with Crippen molar-refractivity contribution in [2.75, 3.05) is 17.7 Å². The summed E-state index contributed by atoms with van der Waals surface area (Å²) in [6.07, 6.45) is 19.6. The van der Waals surface area contributed by atoms with E-state index >= 15 is 0 Å². The lowest BCUT2D eigenvalue weighted by Gasteiger charge is -2.16. The molecule has 0 aromatic rings. The van der Waals surface area contributed by atoms with Crippen LogP contribution in [-0.2, 0) is 0 Å². The SMILES string of the molecule is CNC(CCCCCCCCBr)CCCCCCCCBr. The van der Waals surface area contributed by atoms with Crippen LogP contribution in [0.3, 0.4) is 0 Å². The Morgan fingerprint density at radius 1 is 0.571 bits per heavy atom. The van der Waals surface area contributed by atoms with Gasteiger partial charge >= 0.3 is 0 Å². The van der Waals surface area contributed by atoms with E-state index < -0.39 is 0 Å². The summed E-state index contributed by atoms with van der Waals surface area (Å²) in [5, 5.41) is 5.86. The number of halogens is 2. The lowest BCUT2D eigenvalue weighted by atomic mass is 10.0. The first-order chi connectivity index (χ1) is 10.3. The van der Waals surface area contributed by atoms with Gasteiger partial charge in [-0.1, -0.05) is 96.1 Å². The molecule has 1 nitrogen and oxygen atoms in total. The van der Waals surface area contributed by atoms with Crippen LogP contribution in [0.4, 0.5) is 0 Å². The van der Waals surface area contributed by atoms with E-state index in [0.717, 1.165) is 6.04 Å². The lowest BCUT2D eigenvalue weighted by Crippen LogP contribution is -2.24. The van der Waals surface area contributed by atoms with Crippen molar-refractivity contribution in [3.05, 3.63) is 0 Å². The van der Waals surface area contributed by atoms with Gasteiger partial charge in [-0.25, -0.2) is 0 Å². The molecule has 0 aliphatic carbocycles. The van der Waals surface area contributed by atoms with Crippen molar-refractivity contribution in [1.29, 1.82) is 0 Å². The molecule has 0 saturated carbocycles. The number of hydrogen-bond donors (Lipinski definition) is 1. The molecular formula is C18H37Br2N. The van der Waals surface area contributed by atoms with Crippen molar-refractivity contribution in [2.24, 2.45) is 0 Å². The van der Waals surface area contributed by atoms with E-state index in [9.17, 15) is 0 Å². The van der Waals surface area contributed by atoms with Crippen LogP contribution in [0.2, 0.25) is 0 Å². The lowest BCUT2D eigenvalue weighted by molar-refractivity contribution is 0.436. The second-order valence-corrected chi connectivity index (χ2v) is 7.77. The predicted molar refractivity (Wildman–Crippen MR) is 105 cm³/mol. The van der Waals surface area contributed by atoms with E-state index in [1.54, 1.807) is 0 Å². The Labute approximate surface area is 150 Å². The van der Waals surface area contributed by atoms with Gasteiger partial charge < -0.3 is 5.32 Å². The Hall–Kier alpha value is 0.920. The highest BCUT2D eigenvalue weighted by Crippen LogP contribution is 2.14. The van der Waals surface area contributed by atoms with Crippen molar-refractivity contribution in [1.82, 2.24) is 5.32 Å². The number of rotatable bonds is 17. The fourth-order valence-corrected chi connectivity index (χ4v) is 3.61. The van der Waals surface area contributed by atoms with Crippen molar-refractivity contribution in [3.8, 4) is 0 Å². The van der Waals surface area contributed by atoms with Gasteiger partial charge in [0.2, 0.25) is 0 Å². The van der Waals surface area contributed by atoms with Gasteiger partial charge in [0, 0.05) is 16.7 Å². The summed E-state index contributed by atoms with van der Waals surface area (Å²) in [5.74, 6) is 0. The minimum absolute atomic E-state index is 0.759. The monoisotopic (exact) mass is 425 g/mol. The zero-order valence-electron chi connectivity index (χ0n) is 14.1. The number of hydrogen-bond acceptors (Lipinski definition) is 1. The van der Waals surface area contributed by atoms with E-state index in [1.165, 1.54) is 101 Å². The van der Waals surface area contributed by atoms with Crippen LogP contribution >= 0.6 is 31.9 Å². The maximum absolute atomic E-state index is 3.51. The molecule has 0 rings (SSSR count). The summed E-state index contributed by atoms with van der Waals surface area (Å²) in [4.78, 5) is 0. The average Bonchev–Trinajstić information content (AvgIpc) is 2.51. The number of alkyl halides is 2. The molecule has 0 atom stereocenters. The van der Waals surface area contributed by atoms with E-state index in [4.69, 9.17) is 0 Å². The molecule has 3 heteroatoms. The molecule has 128 valence electrons. The fraction of sp³-hybridized carbons (Fsp3) is 1.00. The first-order valence-electron chi connectivity index (χ1n) is 9.14. The molecule has 0 aliphatic rings. The van der Waals surface area contributed by atoms with Crippen molar-refractivity contribution < 1.29 is 0 Å². The van der Waals surface area contributed by atoms with Gasteiger partial charge in [-0.15, -0.1) is 0 Å². The summed E-state index contributed by atoms with van der Waals surface area (Å²) in [6, 6.07) is 0.759. The number of unbranched alkanes of at least 4 members (excludes halogenated alkanes) is 10. The van der Waals surface area contributed by atoms with E-state index in [2.05, 4.69) is 44.2 Å². The first kappa shape index (κ1) is 21.9. The minimum atomic E-state index is 0.759. The predicted octanol–water partition coefficient (Wildman–Crippen LogP) is 6.83. The average molecular weight is 427 g/mol. The molecule has 0 aromatic heterocycles. The molecular weight excluding hydrogens is 390 g/mol. The van der Waals surface area contributed by atoms with Gasteiger partial charge in [-0.05, 0) is 32.7 Å².